The van der Waals surface area contributed by atoms with Gasteiger partial charge < -0.3 is 31.5 Å². The molecular formula is C19H19BrN3O2-. The van der Waals surface area contributed by atoms with Gasteiger partial charge in [0.25, 0.3) is 0 Å². The van der Waals surface area contributed by atoms with Crippen LogP contribution in [0.4, 0.5) is 11.4 Å². The summed E-state index contributed by atoms with van der Waals surface area (Å²) in [5.74, 6) is 1.64. The van der Waals surface area contributed by atoms with Gasteiger partial charge in [-0.25, -0.2) is 0 Å². The van der Waals surface area contributed by atoms with Gasteiger partial charge in [0.05, 0.1) is 25.0 Å². The van der Waals surface area contributed by atoms with E-state index in [0.29, 0.717) is 11.3 Å². The largest absolute Gasteiger partial charge is 1.00 e. The normalized spacial score (nSPS) is 15.0. The van der Waals surface area contributed by atoms with Gasteiger partial charge in [0.2, 0.25) is 5.96 Å². The molecule has 0 atom stereocenters. The molecule has 4 rings (SSSR count). The molecule has 0 aromatic heterocycles. The Hall–Kier alpha value is -2.34. The standard InChI is InChI=1S/C19H19N3O2.BrH/c1-24-15-7-4-6-14(12-15)18(23)13-22-17-9-3-2-8-16(17)21-11-5-10-20-19(21)22;/h2-4,6-9,12H,5,10-11,13H2,1H3;1H/p-1. The number of hydrogen-bond donors (Lipinski definition) is 0. The highest BCUT2D eigenvalue weighted by molar-refractivity contribution is 6.19. The van der Waals surface area contributed by atoms with E-state index in [-0.39, 0.29) is 29.3 Å². The van der Waals surface area contributed by atoms with Crippen LogP contribution in [0.1, 0.15) is 16.8 Å². The summed E-state index contributed by atoms with van der Waals surface area (Å²) in [6, 6.07) is 15.5. The molecule has 0 radical (unpaired) electrons. The molecule has 0 unspecified atom stereocenters. The van der Waals surface area contributed by atoms with E-state index in [1.54, 1.807) is 13.2 Å². The van der Waals surface area contributed by atoms with Gasteiger partial charge in [-0.1, -0.05) is 24.3 Å². The van der Waals surface area contributed by atoms with Crippen molar-refractivity contribution in [1.29, 1.82) is 0 Å². The second kappa shape index (κ2) is 7.27. The van der Waals surface area contributed by atoms with Crippen molar-refractivity contribution in [2.75, 3.05) is 36.5 Å². The third-order valence-corrected chi connectivity index (χ3v) is 4.43. The molecule has 25 heavy (non-hydrogen) atoms. The smallest absolute Gasteiger partial charge is 0.206 e. The molecule has 2 heterocycles. The Morgan fingerprint density at radius 2 is 1.96 bits per heavy atom. The molecule has 0 bridgehead atoms. The van der Waals surface area contributed by atoms with Gasteiger partial charge in [-0.2, -0.15) is 0 Å². The Labute approximate surface area is 157 Å². The summed E-state index contributed by atoms with van der Waals surface area (Å²) >= 11 is 0. The molecule has 2 aliphatic rings. The third kappa shape index (κ3) is 3.14. The van der Waals surface area contributed by atoms with Crippen molar-refractivity contribution < 1.29 is 26.5 Å². The SMILES string of the molecule is COc1cccc(C(=O)CN2C3=NCCCN3c3ccccc32)c1.[Br-]. The number of Topliss-reactive ketones (excluding diaryl/α,β-unsaturated/α-hetero) is 1. The first kappa shape index (κ1) is 17.5. The van der Waals surface area contributed by atoms with E-state index in [2.05, 4.69) is 22.0 Å². The van der Waals surface area contributed by atoms with Gasteiger partial charge in [-0.3, -0.25) is 9.79 Å². The lowest BCUT2D eigenvalue weighted by Crippen LogP contribution is -3.00. The number of anilines is 2. The maximum atomic E-state index is 12.8. The van der Waals surface area contributed by atoms with Gasteiger partial charge in [0.1, 0.15) is 5.75 Å². The van der Waals surface area contributed by atoms with E-state index < -0.39 is 0 Å². The monoisotopic (exact) mass is 400 g/mol. The first-order valence-corrected chi connectivity index (χ1v) is 8.14. The van der Waals surface area contributed by atoms with E-state index in [9.17, 15) is 4.79 Å². The quantitative estimate of drug-likeness (QED) is 0.676. The summed E-state index contributed by atoms with van der Waals surface area (Å²) in [6.07, 6.45) is 1.04. The number of nitrogens with zero attached hydrogens (tertiary/aromatic N) is 3. The fourth-order valence-electron chi connectivity index (χ4n) is 3.27. The molecule has 2 aromatic carbocycles. The van der Waals surface area contributed by atoms with Crippen molar-refractivity contribution in [1.82, 2.24) is 0 Å². The first-order valence-electron chi connectivity index (χ1n) is 8.14. The molecule has 2 aliphatic heterocycles. The summed E-state index contributed by atoms with van der Waals surface area (Å²) in [5.41, 5.74) is 2.84. The zero-order valence-corrected chi connectivity index (χ0v) is 15.6. The van der Waals surface area contributed by atoms with Crippen LogP contribution in [0.25, 0.3) is 0 Å². The molecule has 0 N–H and O–H groups in total. The van der Waals surface area contributed by atoms with Crippen LogP contribution in [0.3, 0.4) is 0 Å². The molecule has 0 fully saturated rings. The number of benzene rings is 2. The molecule has 5 nitrogen and oxygen atoms in total. The van der Waals surface area contributed by atoms with E-state index >= 15 is 0 Å². The molecule has 2 aromatic rings. The van der Waals surface area contributed by atoms with Crippen LogP contribution in [-0.2, 0) is 0 Å². The van der Waals surface area contributed by atoms with Gasteiger partial charge in [0, 0.05) is 18.7 Å². The molecule has 0 spiro atoms. The highest BCUT2D eigenvalue weighted by Crippen LogP contribution is 2.38. The summed E-state index contributed by atoms with van der Waals surface area (Å²) in [7, 11) is 1.61. The van der Waals surface area contributed by atoms with Gasteiger partial charge in [-0.15, -0.1) is 0 Å². The van der Waals surface area contributed by atoms with Crippen molar-refractivity contribution in [2.45, 2.75) is 6.42 Å². The number of halogens is 1. The van der Waals surface area contributed by atoms with Crippen LogP contribution < -0.4 is 31.5 Å². The molecule has 0 amide bonds. The number of fused-ring (bicyclic) bond motifs is 3. The van der Waals surface area contributed by atoms with Crippen molar-refractivity contribution in [3.63, 3.8) is 0 Å². The van der Waals surface area contributed by atoms with Crippen LogP contribution in [0.15, 0.2) is 53.5 Å². The number of ether oxygens (including phenoxy) is 1. The number of methoxy groups -OCH3 is 1. The number of ketones is 1. The van der Waals surface area contributed by atoms with E-state index in [4.69, 9.17) is 4.74 Å². The number of aliphatic imine (C=N–C) groups is 1. The van der Waals surface area contributed by atoms with Crippen LogP contribution in [0, 0.1) is 0 Å². The molecular weight excluding hydrogens is 382 g/mol. The van der Waals surface area contributed by atoms with Crippen molar-refractivity contribution in [3.8, 4) is 5.75 Å². The van der Waals surface area contributed by atoms with E-state index in [0.717, 1.165) is 36.8 Å². The summed E-state index contributed by atoms with van der Waals surface area (Å²) in [5, 5.41) is 0. The summed E-state index contributed by atoms with van der Waals surface area (Å²) in [6.45, 7) is 2.03. The van der Waals surface area contributed by atoms with E-state index in [1.165, 1.54) is 0 Å². The molecule has 0 saturated heterocycles. The lowest BCUT2D eigenvalue weighted by molar-refractivity contribution is -0.0000127. The van der Waals surface area contributed by atoms with Crippen molar-refractivity contribution >= 4 is 23.1 Å². The third-order valence-electron chi connectivity index (χ3n) is 4.43. The number of carbonyl (C=O) groups is 1. The topological polar surface area (TPSA) is 45.1 Å². The lowest BCUT2D eigenvalue weighted by Gasteiger charge is -2.26. The number of rotatable bonds is 4. The summed E-state index contributed by atoms with van der Waals surface area (Å²) in [4.78, 5) is 21.7. The maximum Gasteiger partial charge on any atom is 0.206 e. The van der Waals surface area contributed by atoms with Gasteiger partial charge in [-0.05, 0) is 30.7 Å². The van der Waals surface area contributed by atoms with Crippen LogP contribution in [-0.4, -0.2) is 38.5 Å². The average molecular weight is 401 g/mol. The zero-order valence-electron chi connectivity index (χ0n) is 14.0. The Balaban J connectivity index is 0.00000182. The molecule has 6 heteroatoms. The van der Waals surface area contributed by atoms with E-state index in [1.807, 2.05) is 35.2 Å². The van der Waals surface area contributed by atoms with Crippen molar-refractivity contribution in [2.24, 2.45) is 4.99 Å². The number of carbonyl (C=O) groups excluding carboxylic acids is 1. The number of guanidine groups is 1. The second-order valence-corrected chi connectivity index (χ2v) is 5.92. The van der Waals surface area contributed by atoms with Gasteiger partial charge in [0.15, 0.2) is 5.78 Å². The van der Waals surface area contributed by atoms with Crippen LogP contribution >= 0.6 is 0 Å². The fraction of sp³-hybridized carbons (Fsp3) is 0.263. The lowest BCUT2D eigenvalue weighted by atomic mass is 10.1. The molecule has 0 aliphatic carbocycles. The Morgan fingerprint density at radius 3 is 2.76 bits per heavy atom. The molecule has 130 valence electrons. The maximum absolute atomic E-state index is 12.8. The number of para-hydroxylation sites is 2. The fourth-order valence-corrected chi connectivity index (χ4v) is 3.27. The van der Waals surface area contributed by atoms with Crippen LogP contribution in [0.2, 0.25) is 0 Å². The first-order chi connectivity index (χ1) is 11.8. The summed E-state index contributed by atoms with van der Waals surface area (Å²) < 4.78 is 5.22. The Kier molecular flexibility index (Phi) is 5.08. The predicted molar refractivity (Wildman–Crippen MR) is 95.4 cm³/mol. The second-order valence-electron chi connectivity index (χ2n) is 5.92. The Morgan fingerprint density at radius 1 is 1.16 bits per heavy atom. The molecule has 0 saturated carbocycles. The van der Waals surface area contributed by atoms with Crippen LogP contribution in [0.5, 0.6) is 5.75 Å². The minimum Gasteiger partial charge on any atom is -1.00 e. The minimum atomic E-state index is 0. The minimum absolute atomic E-state index is 0. The van der Waals surface area contributed by atoms with Crippen molar-refractivity contribution in [3.05, 3.63) is 54.1 Å². The predicted octanol–water partition coefficient (Wildman–Crippen LogP) is -0.0318. The average Bonchev–Trinajstić information content (AvgIpc) is 2.96. The highest BCUT2D eigenvalue weighted by atomic mass is 79.9. The zero-order chi connectivity index (χ0) is 16.5. The number of hydrogen-bond acceptors (Lipinski definition) is 5. The highest BCUT2D eigenvalue weighted by Gasteiger charge is 2.34. The Bertz CT molecular complexity index is 822. The van der Waals surface area contributed by atoms with Gasteiger partial charge >= 0.3 is 0 Å².